The molecule has 1 fully saturated rings. The number of imide groups is 1. The molecule has 1 aliphatic rings. The monoisotopic (exact) mass is 547 g/mol. The number of carbonyl (C=O) groups is 3. The van der Waals surface area contributed by atoms with Gasteiger partial charge in [-0.3, -0.25) is 19.3 Å². The lowest BCUT2D eigenvalue weighted by Gasteiger charge is -2.12. The molecule has 9 heteroatoms. The summed E-state index contributed by atoms with van der Waals surface area (Å²) < 4.78 is 15.2. The average molecular weight is 548 g/mol. The summed E-state index contributed by atoms with van der Waals surface area (Å²) in [7, 11) is 0. The van der Waals surface area contributed by atoms with Gasteiger partial charge in [0.2, 0.25) is 5.91 Å². The van der Waals surface area contributed by atoms with E-state index in [4.69, 9.17) is 11.6 Å². The molecule has 0 atom stereocenters. The van der Waals surface area contributed by atoms with Crippen molar-refractivity contribution in [2.24, 2.45) is 0 Å². The maximum absolute atomic E-state index is 13.1. The number of aromatic nitrogens is 1. The van der Waals surface area contributed by atoms with Gasteiger partial charge in [-0.25, -0.2) is 4.39 Å². The van der Waals surface area contributed by atoms with E-state index in [2.05, 4.69) is 22.9 Å². The second kappa shape index (κ2) is 10.8. The Balaban J connectivity index is 1.42. The van der Waals surface area contributed by atoms with Crippen LogP contribution in [0.2, 0.25) is 5.02 Å². The summed E-state index contributed by atoms with van der Waals surface area (Å²) in [5.74, 6) is -1.52. The number of benzene rings is 3. The van der Waals surface area contributed by atoms with Gasteiger partial charge in [0.05, 0.1) is 10.4 Å². The van der Waals surface area contributed by atoms with Crippen molar-refractivity contribution in [3.05, 3.63) is 105 Å². The molecule has 1 aliphatic heterocycles. The van der Waals surface area contributed by atoms with Crippen molar-refractivity contribution in [1.82, 2.24) is 9.47 Å². The van der Waals surface area contributed by atoms with Crippen LogP contribution in [-0.4, -0.2) is 33.1 Å². The molecular formula is C29H23ClFN3O3S. The highest BCUT2D eigenvalue weighted by Gasteiger charge is 2.36. The van der Waals surface area contributed by atoms with E-state index in [1.807, 2.05) is 42.6 Å². The number of anilines is 1. The SMILES string of the molecule is CCc1cccc2c(/C=C3\SC(=O)N(CC(=O)Nc4ccc(F)cc4)C3=O)cn(Cc3ccccc3Cl)c12. The third-order valence-corrected chi connectivity index (χ3v) is 7.56. The van der Waals surface area contributed by atoms with Gasteiger partial charge in [-0.05, 0) is 65.7 Å². The van der Waals surface area contributed by atoms with Gasteiger partial charge in [-0.2, -0.15) is 0 Å². The highest BCUT2D eigenvalue weighted by molar-refractivity contribution is 8.18. The van der Waals surface area contributed by atoms with Crippen LogP contribution < -0.4 is 5.32 Å². The van der Waals surface area contributed by atoms with Crippen LogP contribution in [0.3, 0.4) is 0 Å². The van der Waals surface area contributed by atoms with Crippen molar-refractivity contribution in [3.63, 3.8) is 0 Å². The number of aryl methyl sites for hydroxylation is 1. The first-order valence-corrected chi connectivity index (χ1v) is 13.2. The summed E-state index contributed by atoms with van der Waals surface area (Å²) in [6.45, 7) is 2.20. The predicted octanol–water partition coefficient (Wildman–Crippen LogP) is 6.72. The minimum atomic E-state index is -0.552. The molecule has 0 saturated carbocycles. The summed E-state index contributed by atoms with van der Waals surface area (Å²) >= 11 is 7.23. The molecule has 0 radical (unpaired) electrons. The van der Waals surface area contributed by atoms with Crippen LogP contribution in [0.4, 0.5) is 14.9 Å². The fourth-order valence-corrected chi connectivity index (χ4v) is 5.48. The van der Waals surface area contributed by atoms with Gasteiger partial charge < -0.3 is 9.88 Å². The number of thioether (sulfide) groups is 1. The smallest absolute Gasteiger partial charge is 0.294 e. The molecule has 0 unspecified atom stereocenters. The number of para-hydroxylation sites is 1. The second-order valence-electron chi connectivity index (χ2n) is 8.79. The number of rotatable bonds is 7. The number of carbonyl (C=O) groups excluding carboxylic acids is 3. The summed E-state index contributed by atoms with van der Waals surface area (Å²) in [4.78, 5) is 39.4. The Morgan fingerprint density at radius 2 is 1.76 bits per heavy atom. The van der Waals surface area contributed by atoms with Gasteiger partial charge in [-0.1, -0.05) is 54.9 Å². The molecule has 0 bridgehead atoms. The number of amides is 3. The van der Waals surface area contributed by atoms with E-state index in [0.717, 1.165) is 50.7 Å². The number of nitrogens with zero attached hydrogens (tertiary/aromatic N) is 2. The van der Waals surface area contributed by atoms with Gasteiger partial charge >= 0.3 is 0 Å². The highest BCUT2D eigenvalue weighted by atomic mass is 35.5. The second-order valence-corrected chi connectivity index (χ2v) is 10.2. The zero-order valence-corrected chi connectivity index (χ0v) is 22.0. The molecule has 0 spiro atoms. The first-order chi connectivity index (χ1) is 18.3. The number of hydrogen-bond acceptors (Lipinski definition) is 4. The Morgan fingerprint density at radius 3 is 2.50 bits per heavy atom. The van der Waals surface area contributed by atoms with E-state index in [1.54, 1.807) is 6.08 Å². The van der Waals surface area contributed by atoms with Crippen LogP contribution in [0.5, 0.6) is 0 Å². The minimum absolute atomic E-state index is 0.239. The zero-order chi connectivity index (χ0) is 26.8. The van der Waals surface area contributed by atoms with E-state index < -0.39 is 29.4 Å². The molecule has 1 saturated heterocycles. The molecule has 5 rings (SSSR count). The van der Waals surface area contributed by atoms with Gasteiger partial charge in [0.15, 0.2) is 0 Å². The number of fused-ring (bicyclic) bond motifs is 1. The van der Waals surface area contributed by atoms with E-state index in [-0.39, 0.29) is 4.91 Å². The number of nitrogens with one attached hydrogen (secondary N) is 1. The van der Waals surface area contributed by atoms with Crippen molar-refractivity contribution in [2.75, 3.05) is 11.9 Å². The van der Waals surface area contributed by atoms with Crippen molar-refractivity contribution in [2.45, 2.75) is 19.9 Å². The Kier molecular flexibility index (Phi) is 7.35. The van der Waals surface area contributed by atoms with Crippen molar-refractivity contribution in [3.8, 4) is 0 Å². The molecule has 2 heterocycles. The standard InChI is InChI=1S/C29H23ClFN3O3S/c1-2-18-7-5-8-23-20(16-33(27(18)23)15-19-6-3-4-9-24(19)30)14-25-28(36)34(29(37)38-25)17-26(35)32-22-12-10-21(31)11-13-22/h3-14,16H,2,15,17H2,1H3,(H,32,35)/b25-14-. The first kappa shape index (κ1) is 25.8. The molecular weight excluding hydrogens is 525 g/mol. The molecule has 1 N–H and O–H groups in total. The van der Waals surface area contributed by atoms with Crippen molar-refractivity contribution >= 4 is 63.1 Å². The molecule has 6 nitrogen and oxygen atoms in total. The summed E-state index contributed by atoms with van der Waals surface area (Å²) in [6.07, 6.45) is 4.49. The normalized spacial score (nSPS) is 14.6. The maximum atomic E-state index is 13.1. The number of halogens is 2. The largest absolute Gasteiger partial charge is 0.342 e. The van der Waals surface area contributed by atoms with Crippen LogP contribution in [-0.2, 0) is 22.6 Å². The van der Waals surface area contributed by atoms with Crippen LogP contribution >= 0.6 is 23.4 Å². The molecule has 0 aliphatic carbocycles. The third kappa shape index (κ3) is 5.23. The molecule has 4 aromatic rings. The van der Waals surface area contributed by atoms with Crippen LogP contribution in [0, 0.1) is 5.82 Å². The van der Waals surface area contributed by atoms with Crippen molar-refractivity contribution in [1.29, 1.82) is 0 Å². The lowest BCUT2D eigenvalue weighted by Crippen LogP contribution is -2.36. The Morgan fingerprint density at radius 1 is 1.03 bits per heavy atom. The van der Waals surface area contributed by atoms with E-state index in [0.29, 0.717) is 17.3 Å². The topological polar surface area (TPSA) is 71.4 Å². The molecule has 3 aromatic carbocycles. The Hall–Kier alpha value is -3.88. The van der Waals surface area contributed by atoms with Crippen LogP contribution in [0.25, 0.3) is 17.0 Å². The molecule has 3 amide bonds. The summed E-state index contributed by atoms with van der Waals surface area (Å²) in [5, 5.41) is 3.68. The van der Waals surface area contributed by atoms with Crippen LogP contribution in [0.15, 0.2) is 77.8 Å². The fraction of sp³-hybridized carbons (Fsp3) is 0.138. The van der Waals surface area contributed by atoms with Gasteiger partial charge in [0, 0.05) is 34.4 Å². The van der Waals surface area contributed by atoms with E-state index in [9.17, 15) is 18.8 Å². The molecule has 192 valence electrons. The van der Waals surface area contributed by atoms with E-state index in [1.165, 1.54) is 24.3 Å². The van der Waals surface area contributed by atoms with Gasteiger partial charge in [0.25, 0.3) is 11.1 Å². The zero-order valence-electron chi connectivity index (χ0n) is 20.4. The fourth-order valence-electron chi connectivity index (χ4n) is 4.46. The molecule has 38 heavy (non-hydrogen) atoms. The van der Waals surface area contributed by atoms with Gasteiger partial charge in [-0.15, -0.1) is 0 Å². The summed E-state index contributed by atoms with van der Waals surface area (Å²) in [6, 6.07) is 18.9. The van der Waals surface area contributed by atoms with Crippen LogP contribution in [0.1, 0.15) is 23.6 Å². The third-order valence-electron chi connectivity index (χ3n) is 6.28. The lowest BCUT2D eigenvalue weighted by molar-refractivity contribution is -0.127. The molecule has 1 aromatic heterocycles. The first-order valence-electron chi connectivity index (χ1n) is 12.0. The number of hydrogen-bond donors (Lipinski definition) is 1. The van der Waals surface area contributed by atoms with E-state index >= 15 is 0 Å². The Bertz CT molecular complexity index is 1600. The minimum Gasteiger partial charge on any atom is -0.342 e. The van der Waals surface area contributed by atoms with Crippen molar-refractivity contribution < 1.29 is 18.8 Å². The average Bonchev–Trinajstić information content (AvgIpc) is 3.38. The highest BCUT2D eigenvalue weighted by Crippen LogP contribution is 2.35. The lowest BCUT2D eigenvalue weighted by atomic mass is 10.1. The Labute approximate surface area is 228 Å². The predicted molar refractivity (Wildman–Crippen MR) is 150 cm³/mol. The summed E-state index contributed by atoms with van der Waals surface area (Å²) in [5.41, 5.74) is 4.33. The quantitative estimate of drug-likeness (QED) is 0.261. The van der Waals surface area contributed by atoms with Gasteiger partial charge in [0.1, 0.15) is 12.4 Å². The maximum Gasteiger partial charge on any atom is 0.294 e.